The quantitative estimate of drug-likeness (QED) is 0.642. The Morgan fingerprint density at radius 2 is 2.00 bits per heavy atom. The van der Waals surface area contributed by atoms with Gasteiger partial charge in [0.15, 0.2) is 0 Å². The third-order valence-electron chi connectivity index (χ3n) is 2.85. The molecule has 2 rings (SSSR count). The highest BCUT2D eigenvalue weighted by Gasteiger charge is 2.17. The van der Waals surface area contributed by atoms with Gasteiger partial charge in [-0.1, -0.05) is 12.1 Å². The lowest BCUT2D eigenvalue weighted by Gasteiger charge is -2.08. The summed E-state index contributed by atoms with van der Waals surface area (Å²) in [5.41, 5.74) is 0.644. The second kappa shape index (κ2) is 6.62. The minimum absolute atomic E-state index is 0.140. The molecule has 21 heavy (non-hydrogen) atoms. The molecule has 0 aliphatic rings. The predicted molar refractivity (Wildman–Crippen MR) is 79.3 cm³/mol. The Bertz CT molecular complexity index is 680. The summed E-state index contributed by atoms with van der Waals surface area (Å²) in [6, 6.07) is 8.28. The maximum atomic E-state index is 13.3. The van der Waals surface area contributed by atoms with Gasteiger partial charge in [0.05, 0.1) is 15.5 Å². The Morgan fingerprint density at radius 3 is 2.67 bits per heavy atom. The molecule has 0 saturated carbocycles. The summed E-state index contributed by atoms with van der Waals surface area (Å²) < 4.78 is 26.5. The molecular weight excluding hydrogens is 346 g/mol. The van der Waals surface area contributed by atoms with E-state index in [1.165, 1.54) is 18.2 Å². The highest BCUT2D eigenvalue weighted by Crippen LogP contribution is 2.30. The lowest BCUT2D eigenvalue weighted by atomic mass is 10.1. The number of nitro benzene ring substituents is 1. The summed E-state index contributed by atoms with van der Waals surface area (Å²) in [5, 5.41) is 13.8. The molecule has 0 saturated heterocycles. The first-order valence-electron chi connectivity index (χ1n) is 6.09. The molecule has 0 radical (unpaired) electrons. The molecule has 0 unspecified atom stereocenters. The van der Waals surface area contributed by atoms with E-state index < -0.39 is 10.7 Å². The second-order valence-electron chi connectivity index (χ2n) is 4.35. The van der Waals surface area contributed by atoms with Crippen LogP contribution >= 0.6 is 15.9 Å². The van der Waals surface area contributed by atoms with Gasteiger partial charge in [0.25, 0.3) is 5.69 Å². The van der Waals surface area contributed by atoms with Crippen molar-refractivity contribution in [2.75, 3.05) is 11.9 Å². The van der Waals surface area contributed by atoms with Crippen LogP contribution in [0.15, 0.2) is 40.9 Å². The summed E-state index contributed by atoms with van der Waals surface area (Å²) in [6.07, 6.45) is 0.490. The lowest BCUT2D eigenvalue weighted by Crippen LogP contribution is -2.07. The number of nitrogens with zero attached hydrogens (tertiary/aromatic N) is 1. The molecule has 0 atom stereocenters. The Balaban J connectivity index is 2.09. The van der Waals surface area contributed by atoms with Gasteiger partial charge in [-0.05, 0) is 46.1 Å². The van der Waals surface area contributed by atoms with Crippen molar-refractivity contribution in [1.82, 2.24) is 0 Å². The number of benzene rings is 2. The van der Waals surface area contributed by atoms with Gasteiger partial charge >= 0.3 is 0 Å². The highest BCUT2D eigenvalue weighted by atomic mass is 79.9. The van der Waals surface area contributed by atoms with Crippen molar-refractivity contribution in [1.29, 1.82) is 0 Å². The monoisotopic (exact) mass is 356 g/mol. The fourth-order valence-electron chi connectivity index (χ4n) is 1.86. The molecule has 2 aromatic carbocycles. The van der Waals surface area contributed by atoms with Crippen LogP contribution in [0, 0.1) is 21.7 Å². The first-order valence-corrected chi connectivity index (χ1v) is 6.88. The van der Waals surface area contributed by atoms with Crippen LogP contribution in [-0.2, 0) is 6.42 Å². The zero-order valence-electron chi connectivity index (χ0n) is 10.8. The number of nitrogens with one attached hydrogen (secondary N) is 1. The van der Waals surface area contributed by atoms with Crippen molar-refractivity contribution < 1.29 is 13.7 Å². The fourth-order valence-corrected chi connectivity index (χ4v) is 2.21. The molecule has 0 spiro atoms. The van der Waals surface area contributed by atoms with Crippen LogP contribution < -0.4 is 5.32 Å². The first-order chi connectivity index (χ1) is 9.97. The van der Waals surface area contributed by atoms with Gasteiger partial charge in [-0.3, -0.25) is 10.1 Å². The van der Waals surface area contributed by atoms with Crippen LogP contribution in [0.2, 0.25) is 0 Å². The van der Waals surface area contributed by atoms with Crippen LogP contribution in [0.1, 0.15) is 5.56 Å². The van der Waals surface area contributed by atoms with E-state index in [-0.39, 0.29) is 21.7 Å². The van der Waals surface area contributed by atoms with Gasteiger partial charge in [-0.25, -0.2) is 8.78 Å². The van der Waals surface area contributed by atoms with E-state index in [9.17, 15) is 18.9 Å². The maximum Gasteiger partial charge on any atom is 0.295 e. The molecule has 7 heteroatoms. The normalized spacial score (nSPS) is 10.4. The van der Waals surface area contributed by atoms with Gasteiger partial charge in [0, 0.05) is 6.54 Å². The Morgan fingerprint density at radius 1 is 1.24 bits per heavy atom. The zero-order chi connectivity index (χ0) is 15.4. The summed E-state index contributed by atoms with van der Waals surface area (Å²) in [4.78, 5) is 10.2. The minimum atomic E-state index is -0.697. The molecule has 4 nitrogen and oxygen atoms in total. The predicted octanol–water partition coefficient (Wildman–Crippen LogP) is 4.29. The van der Waals surface area contributed by atoms with Gasteiger partial charge in [-0.2, -0.15) is 0 Å². The van der Waals surface area contributed by atoms with Gasteiger partial charge < -0.3 is 5.32 Å². The molecule has 0 aliphatic heterocycles. The van der Waals surface area contributed by atoms with E-state index in [4.69, 9.17) is 0 Å². The number of rotatable bonds is 5. The van der Waals surface area contributed by atoms with Crippen LogP contribution in [-0.4, -0.2) is 11.5 Å². The summed E-state index contributed by atoms with van der Waals surface area (Å²) >= 11 is 2.99. The number of hydrogen-bond donors (Lipinski definition) is 1. The lowest BCUT2D eigenvalue weighted by molar-refractivity contribution is -0.384. The van der Waals surface area contributed by atoms with Crippen LogP contribution in [0.3, 0.4) is 0 Å². The summed E-state index contributed by atoms with van der Waals surface area (Å²) in [5.74, 6) is -1.03. The Hall–Kier alpha value is -2.02. The number of halogens is 3. The standard InChI is InChI=1S/C14H11BrF2N2O2/c15-11-7-13(14(19(20)21)8-12(11)17)18-5-4-9-2-1-3-10(16)6-9/h1-3,6-8,18H,4-5H2. The summed E-state index contributed by atoms with van der Waals surface area (Å²) in [7, 11) is 0. The SMILES string of the molecule is O=[N+]([O-])c1cc(F)c(Br)cc1NCCc1cccc(F)c1. The second-order valence-corrected chi connectivity index (χ2v) is 5.20. The van der Waals surface area contributed by atoms with Crippen molar-refractivity contribution in [3.8, 4) is 0 Å². The topological polar surface area (TPSA) is 55.2 Å². The van der Waals surface area contributed by atoms with E-state index in [1.54, 1.807) is 12.1 Å². The van der Waals surface area contributed by atoms with E-state index in [0.29, 0.717) is 13.0 Å². The third-order valence-corrected chi connectivity index (χ3v) is 3.46. The van der Waals surface area contributed by atoms with E-state index in [2.05, 4.69) is 21.2 Å². The molecule has 0 aliphatic carbocycles. The molecule has 0 heterocycles. The smallest absolute Gasteiger partial charge is 0.295 e. The zero-order valence-corrected chi connectivity index (χ0v) is 12.4. The maximum absolute atomic E-state index is 13.3. The Labute approximate surface area is 128 Å². The minimum Gasteiger partial charge on any atom is -0.379 e. The van der Waals surface area contributed by atoms with Crippen LogP contribution in [0.5, 0.6) is 0 Å². The average Bonchev–Trinajstić information content (AvgIpc) is 2.42. The molecule has 110 valence electrons. The number of anilines is 1. The van der Waals surface area contributed by atoms with Crippen LogP contribution in [0.4, 0.5) is 20.2 Å². The molecule has 1 N–H and O–H groups in total. The first kappa shape index (κ1) is 15.4. The molecule has 0 bridgehead atoms. The van der Waals surface area contributed by atoms with Crippen molar-refractivity contribution in [2.45, 2.75) is 6.42 Å². The number of nitro groups is 1. The third kappa shape index (κ3) is 3.98. The fraction of sp³-hybridized carbons (Fsp3) is 0.143. The number of hydrogen-bond acceptors (Lipinski definition) is 3. The van der Waals surface area contributed by atoms with Crippen molar-refractivity contribution in [3.05, 3.63) is 68.2 Å². The van der Waals surface area contributed by atoms with E-state index in [1.807, 2.05) is 0 Å². The Kier molecular flexibility index (Phi) is 4.85. The average molecular weight is 357 g/mol. The molecule has 2 aromatic rings. The van der Waals surface area contributed by atoms with Crippen molar-refractivity contribution in [2.24, 2.45) is 0 Å². The molecular formula is C14H11BrF2N2O2. The van der Waals surface area contributed by atoms with Crippen LogP contribution in [0.25, 0.3) is 0 Å². The van der Waals surface area contributed by atoms with Gasteiger partial charge in [-0.15, -0.1) is 0 Å². The van der Waals surface area contributed by atoms with Gasteiger partial charge in [0.1, 0.15) is 17.3 Å². The summed E-state index contributed by atoms with van der Waals surface area (Å²) in [6.45, 7) is 0.363. The van der Waals surface area contributed by atoms with Crippen molar-refractivity contribution >= 4 is 27.3 Å². The van der Waals surface area contributed by atoms with Crippen molar-refractivity contribution in [3.63, 3.8) is 0 Å². The molecule has 0 aromatic heterocycles. The molecule has 0 fully saturated rings. The van der Waals surface area contributed by atoms with Gasteiger partial charge in [0.2, 0.25) is 0 Å². The largest absolute Gasteiger partial charge is 0.379 e. The highest BCUT2D eigenvalue weighted by molar-refractivity contribution is 9.10. The molecule has 0 amide bonds. The van der Waals surface area contributed by atoms with E-state index in [0.717, 1.165) is 11.6 Å². The van der Waals surface area contributed by atoms with E-state index >= 15 is 0 Å².